The predicted molar refractivity (Wildman–Crippen MR) is 168 cm³/mol. The van der Waals surface area contributed by atoms with Gasteiger partial charge in [0.2, 0.25) is 17.7 Å². The highest BCUT2D eigenvalue weighted by Crippen LogP contribution is 2.23. The zero-order valence-corrected chi connectivity index (χ0v) is 26.9. The maximum absolute atomic E-state index is 12.2. The molecule has 252 valence electrons. The second kappa shape index (κ2) is 24.4. The van der Waals surface area contributed by atoms with Crippen molar-refractivity contribution < 1.29 is 39.0 Å². The van der Waals surface area contributed by atoms with Crippen LogP contribution in [-0.2, 0) is 28.8 Å². The zero-order valence-electron chi connectivity index (χ0n) is 26.9. The van der Waals surface area contributed by atoms with E-state index in [9.17, 15) is 33.9 Å². The normalized spacial score (nSPS) is 16.9. The van der Waals surface area contributed by atoms with E-state index in [4.69, 9.17) is 5.11 Å². The van der Waals surface area contributed by atoms with E-state index in [2.05, 4.69) is 10.6 Å². The molecule has 0 aromatic carbocycles. The summed E-state index contributed by atoms with van der Waals surface area (Å²) in [5.74, 6) is -3.02. The Morgan fingerprint density at radius 3 is 1.66 bits per heavy atom. The second-order valence-electron chi connectivity index (χ2n) is 12.3. The molecule has 11 nitrogen and oxygen atoms in total. The van der Waals surface area contributed by atoms with Gasteiger partial charge < -0.3 is 30.5 Å². The molecule has 0 aliphatic carbocycles. The summed E-state index contributed by atoms with van der Waals surface area (Å²) >= 11 is 0. The van der Waals surface area contributed by atoms with Crippen molar-refractivity contribution in [1.82, 2.24) is 15.5 Å². The average Bonchev–Trinajstić information content (AvgIpc) is 3.26. The Balaban J connectivity index is 2.00. The van der Waals surface area contributed by atoms with Gasteiger partial charge in [-0.15, -0.1) is 0 Å². The first-order valence-corrected chi connectivity index (χ1v) is 16.9. The van der Waals surface area contributed by atoms with E-state index in [1.54, 1.807) is 11.8 Å². The Morgan fingerprint density at radius 1 is 0.750 bits per heavy atom. The molecule has 11 heteroatoms. The lowest BCUT2D eigenvalue weighted by atomic mass is 10.00. The number of carboxylic acids is 2. The third-order valence-corrected chi connectivity index (χ3v) is 8.46. The largest absolute Gasteiger partial charge is 0.481 e. The molecule has 3 atom stereocenters. The molecule has 0 saturated carbocycles. The van der Waals surface area contributed by atoms with E-state index in [0.717, 1.165) is 57.7 Å². The van der Waals surface area contributed by atoms with Crippen LogP contribution in [0.4, 0.5) is 0 Å². The number of likely N-dealkylation sites (tertiary alicyclic amines) is 1. The smallest absolute Gasteiger partial charge is 0.328 e. The monoisotopic (exact) mass is 623 g/mol. The standard InChI is InChI=1S/C33H57N3O8/c1-26-27(25-37)24-36(32(26)42)22-18-14-16-19-29(38)34-23-28(33(43)44)35-30(39)20-15-12-10-8-6-4-2-3-5-7-9-11-13-17-21-31(40)41/h25-28H,2-24H2,1H3,(H,34,38)(H,35,39)(H,40,41)(H,43,44). The van der Waals surface area contributed by atoms with Crippen molar-refractivity contribution in [1.29, 1.82) is 0 Å². The molecular weight excluding hydrogens is 566 g/mol. The van der Waals surface area contributed by atoms with E-state index in [0.29, 0.717) is 25.9 Å². The summed E-state index contributed by atoms with van der Waals surface area (Å²) in [5.41, 5.74) is 0. The number of rotatable bonds is 28. The van der Waals surface area contributed by atoms with Gasteiger partial charge in [-0.3, -0.25) is 19.2 Å². The molecule has 0 spiro atoms. The number of hydrogen-bond acceptors (Lipinski definition) is 6. The molecule has 1 heterocycles. The first-order valence-electron chi connectivity index (χ1n) is 16.9. The molecule has 0 radical (unpaired) electrons. The summed E-state index contributed by atoms with van der Waals surface area (Å²) in [6.07, 6.45) is 18.9. The Labute approximate surface area is 263 Å². The van der Waals surface area contributed by atoms with Gasteiger partial charge in [-0.2, -0.15) is 0 Å². The van der Waals surface area contributed by atoms with Crippen LogP contribution in [0.3, 0.4) is 0 Å². The van der Waals surface area contributed by atoms with Crippen LogP contribution in [0.15, 0.2) is 0 Å². The minimum Gasteiger partial charge on any atom is -0.481 e. The number of aldehydes is 1. The summed E-state index contributed by atoms with van der Waals surface area (Å²) in [6, 6.07) is -1.17. The number of nitrogens with one attached hydrogen (secondary N) is 2. The van der Waals surface area contributed by atoms with Crippen molar-refractivity contribution >= 4 is 35.9 Å². The second-order valence-corrected chi connectivity index (χ2v) is 12.3. The first kappa shape index (κ1) is 39.0. The maximum Gasteiger partial charge on any atom is 0.328 e. The molecule has 44 heavy (non-hydrogen) atoms. The van der Waals surface area contributed by atoms with Gasteiger partial charge in [0, 0.05) is 50.7 Å². The maximum atomic E-state index is 12.2. The lowest BCUT2D eigenvalue weighted by Gasteiger charge is -2.16. The van der Waals surface area contributed by atoms with E-state index in [1.807, 2.05) is 0 Å². The lowest BCUT2D eigenvalue weighted by molar-refractivity contribution is -0.142. The summed E-state index contributed by atoms with van der Waals surface area (Å²) < 4.78 is 0. The summed E-state index contributed by atoms with van der Waals surface area (Å²) in [4.78, 5) is 71.3. The van der Waals surface area contributed by atoms with Crippen molar-refractivity contribution in [2.45, 2.75) is 141 Å². The average molecular weight is 624 g/mol. The quantitative estimate of drug-likeness (QED) is 0.0708. The van der Waals surface area contributed by atoms with Gasteiger partial charge in [0.15, 0.2) is 0 Å². The van der Waals surface area contributed by atoms with Crippen LogP contribution in [0.2, 0.25) is 0 Å². The molecule has 0 aromatic heterocycles. The van der Waals surface area contributed by atoms with Gasteiger partial charge in [-0.1, -0.05) is 90.4 Å². The predicted octanol–water partition coefficient (Wildman–Crippen LogP) is 4.85. The minimum atomic E-state index is -1.19. The first-order chi connectivity index (χ1) is 21.1. The fraction of sp³-hybridized carbons (Fsp3) is 0.818. The zero-order chi connectivity index (χ0) is 32.6. The van der Waals surface area contributed by atoms with Crippen molar-refractivity contribution in [3.8, 4) is 0 Å². The van der Waals surface area contributed by atoms with Gasteiger partial charge in [0.25, 0.3) is 0 Å². The van der Waals surface area contributed by atoms with Crippen LogP contribution in [-0.4, -0.2) is 76.7 Å². The van der Waals surface area contributed by atoms with Crippen LogP contribution in [0.5, 0.6) is 0 Å². The van der Waals surface area contributed by atoms with Gasteiger partial charge in [0.05, 0.1) is 0 Å². The molecule has 1 fully saturated rings. The van der Waals surface area contributed by atoms with Crippen molar-refractivity contribution in [3.63, 3.8) is 0 Å². The van der Waals surface area contributed by atoms with E-state index < -0.39 is 18.0 Å². The third kappa shape index (κ3) is 18.6. The Hall–Kier alpha value is -2.98. The number of unbranched alkanes of at least 4 members (excludes halogenated alkanes) is 15. The number of carbonyl (C=O) groups excluding carboxylic acids is 4. The molecule has 3 unspecified atom stereocenters. The fourth-order valence-corrected chi connectivity index (χ4v) is 5.56. The summed E-state index contributed by atoms with van der Waals surface area (Å²) in [7, 11) is 0. The molecule has 1 aliphatic rings. The van der Waals surface area contributed by atoms with Gasteiger partial charge in [0.1, 0.15) is 12.3 Å². The SMILES string of the molecule is CC1C(=O)N(CCCCCC(=O)NCC(NC(=O)CCCCCCCCCCCCCCCCC(=O)O)C(=O)O)CC1C=O. The molecule has 0 aromatic rings. The number of carbonyl (C=O) groups is 6. The molecule has 1 aliphatic heterocycles. The molecule has 4 N–H and O–H groups in total. The van der Waals surface area contributed by atoms with Crippen molar-refractivity contribution in [2.24, 2.45) is 11.8 Å². The Kier molecular flexibility index (Phi) is 21.6. The molecular formula is C33H57N3O8. The number of nitrogens with zero attached hydrogens (tertiary/aromatic N) is 1. The topological polar surface area (TPSA) is 170 Å². The third-order valence-electron chi connectivity index (χ3n) is 8.46. The highest BCUT2D eigenvalue weighted by Gasteiger charge is 2.36. The van der Waals surface area contributed by atoms with Crippen LogP contribution >= 0.6 is 0 Å². The van der Waals surface area contributed by atoms with Crippen LogP contribution < -0.4 is 10.6 Å². The highest BCUT2D eigenvalue weighted by atomic mass is 16.4. The fourth-order valence-electron chi connectivity index (χ4n) is 5.56. The molecule has 3 amide bonds. The number of aliphatic carboxylic acids is 2. The van der Waals surface area contributed by atoms with Gasteiger partial charge in [-0.25, -0.2) is 4.79 Å². The summed E-state index contributed by atoms with van der Waals surface area (Å²) in [6.45, 7) is 2.62. The van der Waals surface area contributed by atoms with Crippen LogP contribution in [0, 0.1) is 11.8 Å². The van der Waals surface area contributed by atoms with Gasteiger partial charge in [-0.05, 0) is 25.7 Å². The number of hydrogen-bond donors (Lipinski definition) is 4. The van der Waals surface area contributed by atoms with E-state index >= 15 is 0 Å². The number of amides is 3. The summed E-state index contributed by atoms with van der Waals surface area (Å²) in [5, 5.41) is 23.2. The van der Waals surface area contributed by atoms with Crippen molar-refractivity contribution in [3.05, 3.63) is 0 Å². The lowest BCUT2D eigenvalue weighted by Crippen LogP contribution is -2.48. The minimum absolute atomic E-state index is 0.00396. The van der Waals surface area contributed by atoms with E-state index in [1.165, 1.54) is 44.9 Å². The Morgan fingerprint density at radius 2 is 1.20 bits per heavy atom. The van der Waals surface area contributed by atoms with E-state index in [-0.39, 0.29) is 55.4 Å². The highest BCUT2D eigenvalue weighted by molar-refractivity contribution is 5.85. The number of carboxylic acid groups (broad SMARTS) is 2. The molecule has 1 rings (SSSR count). The molecule has 0 bridgehead atoms. The van der Waals surface area contributed by atoms with Gasteiger partial charge >= 0.3 is 11.9 Å². The van der Waals surface area contributed by atoms with Crippen LogP contribution in [0.25, 0.3) is 0 Å². The van der Waals surface area contributed by atoms with Crippen LogP contribution in [0.1, 0.15) is 135 Å². The molecule has 1 saturated heterocycles. The Bertz CT molecular complexity index is 881. The van der Waals surface area contributed by atoms with Crippen molar-refractivity contribution in [2.75, 3.05) is 19.6 Å².